The second-order valence-corrected chi connectivity index (χ2v) is 5.58. The molecule has 0 heteroatoms. The number of hydrogen-bond acceptors (Lipinski definition) is 0. The van der Waals surface area contributed by atoms with Gasteiger partial charge in [0.2, 0.25) is 0 Å². The smallest absolute Gasteiger partial charge is 0.00208 e. The van der Waals surface area contributed by atoms with Gasteiger partial charge in [0.15, 0.2) is 0 Å². The molecule has 0 aliphatic heterocycles. The largest absolute Gasteiger partial charge is 0.0984 e. The third kappa shape index (κ3) is 1.78. The van der Waals surface area contributed by atoms with E-state index >= 15 is 0 Å². The average molecular weight is 280 g/mol. The van der Waals surface area contributed by atoms with Crippen LogP contribution in [0.1, 0.15) is 5.56 Å². The maximum Gasteiger partial charge on any atom is -0.00208 e. The maximum absolute atomic E-state index is 4.21. The number of benzene rings is 4. The molecule has 104 valence electrons. The van der Waals surface area contributed by atoms with Gasteiger partial charge in [-0.25, -0.2) is 0 Å². The Kier molecular flexibility index (Phi) is 2.83. The molecule has 0 spiro atoms. The van der Waals surface area contributed by atoms with Crippen LogP contribution in [-0.2, 0) is 0 Å². The van der Waals surface area contributed by atoms with Crippen molar-refractivity contribution in [2.24, 2.45) is 0 Å². The third-order valence-electron chi connectivity index (χ3n) is 4.34. The molecule has 22 heavy (non-hydrogen) atoms. The fourth-order valence-electron chi connectivity index (χ4n) is 3.29. The Morgan fingerprint density at radius 2 is 1.50 bits per heavy atom. The van der Waals surface area contributed by atoms with Gasteiger partial charge in [0, 0.05) is 0 Å². The summed E-state index contributed by atoms with van der Waals surface area (Å²) in [5.41, 5.74) is 3.65. The predicted octanol–water partition coefficient (Wildman–Crippen LogP) is 5.43. The number of hydrogen-bond donors (Lipinski definition) is 0. The molecule has 4 aromatic rings. The van der Waals surface area contributed by atoms with E-state index < -0.39 is 0 Å². The van der Waals surface area contributed by atoms with Crippen LogP contribution in [-0.4, -0.2) is 0 Å². The summed E-state index contributed by atoms with van der Waals surface area (Å²) in [5.74, 6) is 0. The normalized spacial score (nSPS) is 11.1. The van der Waals surface area contributed by atoms with Gasteiger partial charge in [0.1, 0.15) is 0 Å². The minimum atomic E-state index is 1.05. The van der Waals surface area contributed by atoms with Crippen LogP contribution in [0.3, 0.4) is 0 Å². The van der Waals surface area contributed by atoms with Crippen LogP contribution >= 0.6 is 0 Å². The van der Waals surface area contributed by atoms with Crippen molar-refractivity contribution in [3.05, 3.63) is 84.1 Å². The van der Waals surface area contributed by atoms with Gasteiger partial charge in [-0.2, -0.15) is 0 Å². The van der Waals surface area contributed by atoms with Gasteiger partial charge >= 0.3 is 0 Å². The first kappa shape index (κ1) is 12.8. The molecule has 0 heterocycles. The fourth-order valence-corrected chi connectivity index (χ4v) is 3.29. The van der Waals surface area contributed by atoms with E-state index in [-0.39, 0.29) is 0 Å². The van der Waals surface area contributed by atoms with Crippen molar-refractivity contribution >= 4 is 34.2 Å². The molecule has 0 saturated heterocycles. The minimum Gasteiger partial charge on any atom is -0.0984 e. The summed E-state index contributed by atoms with van der Waals surface area (Å²) in [6.45, 7) is 8.16. The Hall–Kier alpha value is -2.86. The lowest BCUT2D eigenvalue weighted by atomic mass is 9.90. The van der Waals surface area contributed by atoms with E-state index in [2.05, 4.69) is 79.9 Å². The Morgan fingerprint density at radius 3 is 2.27 bits per heavy atom. The zero-order valence-corrected chi connectivity index (χ0v) is 12.3. The van der Waals surface area contributed by atoms with Crippen LogP contribution in [0.15, 0.2) is 73.3 Å². The zero-order valence-electron chi connectivity index (χ0n) is 12.3. The van der Waals surface area contributed by atoms with Crippen LogP contribution in [0.2, 0.25) is 0 Å². The lowest BCUT2D eigenvalue weighted by Crippen LogP contribution is -2.01. The molecule has 0 aliphatic rings. The summed E-state index contributed by atoms with van der Waals surface area (Å²) in [5, 5.41) is 6.07. The molecular formula is C22H16. The molecule has 0 unspecified atom stereocenters. The quantitative estimate of drug-likeness (QED) is 0.459. The van der Waals surface area contributed by atoms with Gasteiger partial charge in [0.25, 0.3) is 0 Å². The summed E-state index contributed by atoms with van der Waals surface area (Å²) >= 11 is 0. The van der Waals surface area contributed by atoms with Crippen molar-refractivity contribution in [2.45, 2.75) is 0 Å². The van der Waals surface area contributed by atoms with Crippen molar-refractivity contribution in [1.82, 2.24) is 0 Å². The van der Waals surface area contributed by atoms with Crippen molar-refractivity contribution in [3.63, 3.8) is 0 Å². The van der Waals surface area contributed by atoms with Gasteiger partial charge in [0.05, 0.1) is 0 Å². The standard InChI is InChI=1S/C22H16/c1-3-16-11-14-20-19(17-7-5-4-6-8-17)13-12-18-10-9-15(2)21(16)22(18)20/h3-14H,1-2H2. The highest BCUT2D eigenvalue weighted by molar-refractivity contribution is 6.17. The average Bonchev–Trinajstić information content (AvgIpc) is 2.58. The molecule has 0 amide bonds. The van der Waals surface area contributed by atoms with E-state index in [1.807, 2.05) is 6.08 Å². The molecule has 4 rings (SSSR count). The molecule has 0 N–H and O–H groups in total. The Morgan fingerprint density at radius 1 is 0.727 bits per heavy atom. The molecule has 4 aromatic carbocycles. The highest BCUT2D eigenvalue weighted by atomic mass is 14.1. The Labute approximate surface area is 130 Å². The van der Waals surface area contributed by atoms with Gasteiger partial charge < -0.3 is 0 Å². The van der Waals surface area contributed by atoms with E-state index in [4.69, 9.17) is 0 Å². The Balaban J connectivity index is 2.23. The molecule has 0 radical (unpaired) electrons. The van der Waals surface area contributed by atoms with E-state index in [9.17, 15) is 0 Å². The lowest BCUT2D eigenvalue weighted by Gasteiger charge is -2.13. The SMILES string of the molecule is C=Cc1ccc2c(-c3ccccc3)ccc3ccc(=C)c1c32. The lowest BCUT2D eigenvalue weighted by molar-refractivity contribution is 1.65. The van der Waals surface area contributed by atoms with Crippen LogP contribution in [0.4, 0.5) is 0 Å². The topological polar surface area (TPSA) is 0 Å². The monoisotopic (exact) mass is 280 g/mol. The molecule has 0 aliphatic carbocycles. The highest BCUT2D eigenvalue weighted by Gasteiger charge is 2.10. The predicted molar refractivity (Wildman–Crippen MR) is 97.7 cm³/mol. The molecule has 0 fully saturated rings. The third-order valence-corrected chi connectivity index (χ3v) is 4.34. The Bertz CT molecular complexity index is 1040. The first-order valence-electron chi connectivity index (χ1n) is 7.44. The van der Waals surface area contributed by atoms with Crippen molar-refractivity contribution < 1.29 is 0 Å². The van der Waals surface area contributed by atoms with Gasteiger partial charge in [-0.1, -0.05) is 86.0 Å². The highest BCUT2D eigenvalue weighted by Crippen LogP contribution is 2.35. The van der Waals surface area contributed by atoms with Crippen molar-refractivity contribution in [2.75, 3.05) is 0 Å². The van der Waals surface area contributed by atoms with Gasteiger partial charge in [-0.05, 0) is 43.5 Å². The van der Waals surface area contributed by atoms with E-state index in [0.29, 0.717) is 0 Å². The van der Waals surface area contributed by atoms with Crippen molar-refractivity contribution in [1.29, 1.82) is 0 Å². The molecule has 0 aromatic heterocycles. The molecule has 0 nitrogen and oxygen atoms in total. The summed E-state index contributed by atoms with van der Waals surface area (Å²) in [6.07, 6.45) is 1.91. The first-order valence-corrected chi connectivity index (χ1v) is 7.44. The van der Waals surface area contributed by atoms with E-state index in [0.717, 1.165) is 10.8 Å². The van der Waals surface area contributed by atoms with E-state index in [1.54, 1.807) is 0 Å². The van der Waals surface area contributed by atoms with Gasteiger partial charge in [-0.15, -0.1) is 0 Å². The molecule has 0 bridgehead atoms. The fraction of sp³-hybridized carbons (Fsp3) is 0. The van der Waals surface area contributed by atoms with Crippen LogP contribution in [0.25, 0.3) is 45.3 Å². The van der Waals surface area contributed by atoms with Crippen LogP contribution in [0.5, 0.6) is 0 Å². The summed E-state index contributed by atoms with van der Waals surface area (Å²) in [6, 6.07) is 23.5. The summed E-state index contributed by atoms with van der Waals surface area (Å²) in [7, 11) is 0. The van der Waals surface area contributed by atoms with Gasteiger partial charge in [-0.3, -0.25) is 0 Å². The summed E-state index contributed by atoms with van der Waals surface area (Å²) < 4.78 is 0. The van der Waals surface area contributed by atoms with E-state index in [1.165, 1.54) is 32.7 Å². The molecule has 0 saturated carbocycles. The molecule has 0 atom stereocenters. The maximum atomic E-state index is 4.21. The molecular weight excluding hydrogens is 264 g/mol. The second-order valence-electron chi connectivity index (χ2n) is 5.58. The first-order chi connectivity index (χ1) is 10.8. The van der Waals surface area contributed by atoms with Crippen molar-refractivity contribution in [3.8, 4) is 11.1 Å². The zero-order chi connectivity index (χ0) is 15.1. The number of rotatable bonds is 2. The minimum absolute atomic E-state index is 1.05. The van der Waals surface area contributed by atoms with Crippen LogP contribution in [0, 0.1) is 0 Å². The van der Waals surface area contributed by atoms with Crippen LogP contribution < -0.4 is 5.22 Å². The second kappa shape index (κ2) is 4.85. The summed E-state index contributed by atoms with van der Waals surface area (Å²) in [4.78, 5) is 0.